The molecule has 0 saturated carbocycles. The summed E-state index contributed by atoms with van der Waals surface area (Å²) >= 11 is 0. The highest BCUT2D eigenvalue weighted by atomic mass is 16.3. The second-order valence-electron chi connectivity index (χ2n) is 14.5. The molecule has 0 spiro atoms. The molecule has 3 heteroatoms. The Labute approximate surface area is 330 Å². The molecule has 0 aliphatic rings. The van der Waals surface area contributed by atoms with Crippen LogP contribution in [0.25, 0.3) is 88.4 Å². The monoisotopic (exact) mass is 729 g/mol. The summed E-state index contributed by atoms with van der Waals surface area (Å²) in [5.74, 6) is 0. The number of hydrogen-bond donors (Lipinski definition) is 0. The fourth-order valence-electron chi connectivity index (χ4n) is 8.39. The molecule has 0 unspecified atom stereocenters. The predicted octanol–water partition coefficient (Wildman–Crippen LogP) is 15.6. The van der Waals surface area contributed by atoms with E-state index >= 15 is 0 Å². The summed E-state index contributed by atoms with van der Waals surface area (Å²) in [7, 11) is 0. The number of para-hydroxylation sites is 2. The number of hydrogen-bond acceptors (Lipinski definition) is 3. The van der Waals surface area contributed by atoms with E-state index in [1.54, 1.807) is 0 Å². The van der Waals surface area contributed by atoms with Crippen LogP contribution in [0.5, 0.6) is 0 Å². The SMILES string of the molecule is c1ccc(-c2ccc(N(c3ccc4c(c3)oc3c(-c5cccc(-c6ccccc6)c5)c5c(cc34)oc3ccccc35)c3ccccc3-c3ccccc3)cc2)cc1. The average Bonchev–Trinajstić information content (AvgIpc) is 3.84. The first-order chi connectivity index (χ1) is 28.3. The average molecular weight is 730 g/mol. The topological polar surface area (TPSA) is 29.5 Å². The van der Waals surface area contributed by atoms with Crippen LogP contribution in [0.3, 0.4) is 0 Å². The molecule has 0 N–H and O–H groups in total. The van der Waals surface area contributed by atoms with Crippen molar-refractivity contribution in [3.63, 3.8) is 0 Å². The Morgan fingerprint density at radius 3 is 1.68 bits per heavy atom. The molecular weight excluding hydrogens is 695 g/mol. The van der Waals surface area contributed by atoms with Crippen LogP contribution >= 0.6 is 0 Å². The Hall–Kier alpha value is -7.62. The van der Waals surface area contributed by atoms with E-state index in [0.29, 0.717) is 0 Å². The Kier molecular flexibility index (Phi) is 7.82. The van der Waals surface area contributed by atoms with Crippen molar-refractivity contribution < 1.29 is 8.83 Å². The maximum Gasteiger partial charge on any atom is 0.144 e. The minimum absolute atomic E-state index is 0.808. The summed E-state index contributed by atoms with van der Waals surface area (Å²) in [6.07, 6.45) is 0. The molecule has 3 nitrogen and oxygen atoms in total. The number of furan rings is 2. The Balaban J connectivity index is 1.14. The molecule has 0 fully saturated rings. The first-order valence-electron chi connectivity index (χ1n) is 19.3. The van der Waals surface area contributed by atoms with Gasteiger partial charge >= 0.3 is 0 Å². The normalized spacial score (nSPS) is 11.5. The van der Waals surface area contributed by atoms with Gasteiger partial charge in [0.2, 0.25) is 0 Å². The zero-order chi connectivity index (χ0) is 37.7. The zero-order valence-corrected chi connectivity index (χ0v) is 31.0. The molecule has 0 radical (unpaired) electrons. The molecule has 9 aromatic carbocycles. The third-order valence-corrected chi connectivity index (χ3v) is 11.1. The molecule has 2 heterocycles. The number of nitrogens with zero attached hydrogens (tertiary/aromatic N) is 1. The highest BCUT2D eigenvalue weighted by molar-refractivity contribution is 6.23. The molecule has 0 aliphatic heterocycles. The van der Waals surface area contributed by atoms with Gasteiger partial charge in [-0.25, -0.2) is 0 Å². The van der Waals surface area contributed by atoms with Gasteiger partial charge in [-0.05, 0) is 81.9 Å². The van der Waals surface area contributed by atoms with E-state index in [-0.39, 0.29) is 0 Å². The van der Waals surface area contributed by atoms with E-state index in [1.807, 2.05) is 12.1 Å². The summed E-state index contributed by atoms with van der Waals surface area (Å²) in [5.41, 5.74) is 15.6. The molecule has 11 aromatic rings. The number of benzene rings is 9. The van der Waals surface area contributed by atoms with Gasteiger partial charge in [-0.2, -0.15) is 0 Å². The summed E-state index contributed by atoms with van der Waals surface area (Å²) in [6.45, 7) is 0. The van der Waals surface area contributed by atoms with Crippen molar-refractivity contribution >= 4 is 60.9 Å². The first kappa shape index (κ1) is 32.8. The molecule has 0 atom stereocenters. The molecule has 11 rings (SSSR count). The van der Waals surface area contributed by atoms with Gasteiger partial charge in [-0.3, -0.25) is 0 Å². The van der Waals surface area contributed by atoms with Gasteiger partial charge in [0.15, 0.2) is 0 Å². The quantitative estimate of drug-likeness (QED) is 0.164. The van der Waals surface area contributed by atoms with Crippen molar-refractivity contribution in [3.05, 3.63) is 212 Å². The smallest absolute Gasteiger partial charge is 0.144 e. The van der Waals surface area contributed by atoms with Crippen LogP contribution in [-0.4, -0.2) is 0 Å². The van der Waals surface area contributed by atoms with Crippen LogP contribution in [0.4, 0.5) is 17.1 Å². The summed E-state index contributed by atoms with van der Waals surface area (Å²) in [6, 6.07) is 74.9. The van der Waals surface area contributed by atoms with Gasteiger partial charge in [0.05, 0.1) is 5.69 Å². The van der Waals surface area contributed by atoms with E-state index in [4.69, 9.17) is 8.83 Å². The van der Waals surface area contributed by atoms with Gasteiger partial charge in [0.1, 0.15) is 22.3 Å². The summed E-state index contributed by atoms with van der Waals surface area (Å²) in [5, 5.41) is 4.18. The van der Waals surface area contributed by atoms with Crippen molar-refractivity contribution in [3.8, 4) is 44.5 Å². The lowest BCUT2D eigenvalue weighted by Gasteiger charge is -2.28. The lowest BCUT2D eigenvalue weighted by atomic mass is 9.94. The summed E-state index contributed by atoms with van der Waals surface area (Å²) in [4.78, 5) is 2.34. The van der Waals surface area contributed by atoms with E-state index in [1.165, 1.54) is 16.7 Å². The second kappa shape index (κ2) is 13.6. The molecule has 57 heavy (non-hydrogen) atoms. The molecule has 0 saturated heterocycles. The van der Waals surface area contributed by atoms with E-state index in [0.717, 1.165) is 88.8 Å². The fourth-order valence-corrected chi connectivity index (χ4v) is 8.39. The van der Waals surface area contributed by atoms with E-state index < -0.39 is 0 Å². The lowest BCUT2D eigenvalue weighted by Crippen LogP contribution is -2.11. The highest BCUT2D eigenvalue weighted by Gasteiger charge is 2.23. The number of rotatable bonds is 7. The van der Waals surface area contributed by atoms with E-state index in [2.05, 4.69) is 205 Å². The minimum atomic E-state index is 0.808. The first-order valence-corrected chi connectivity index (χ1v) is 19.3. The zero-order valence-electron chi connectivity index (χ0n) is 31.0. The largest absolute Gasteiger partial charge is 0.456 e. The van der Waals surface area contributed by atoms with Crippen molar-refractivity contribution in [2.24, 2.45) is 0 Å². The number of fused-ring (bicyclic) bond motifs is 6. The van der Waals surface area contributed by atoms with Crippen LogP contribution in [-0.2, 0) is 0 Å². The third-order valence-electron chi connectivity index (χ3n) is 11.1. The predicted molar refractivity (Wildman–Crippen MR) is 237 cm³/mol. The Morgan fingerprint density at radius 1 is 0.316 bits per heavy atom. The van der Waals surface area contributed by atoms with Gasteiger partial charge in [0, 0.05) is 50.1 Å². The van der Waals surface area contributed by atoms with Crippen molar-refractivity contribution in [2.75, 3.05) is 4.90 Å². The Morgan fingerprint density at radius 2 is 0.912 bits per heavy atom. The van der Waals surface area contributed by atoms with Gasteiger partial charge < -0.3 is 13.7 Å². The minimum Gasteiger partial charge on any atom is -0.456 e. The van der Waals surface area contributed by atoms with Gasteiger partial charge in [-0.1, -0.05) is 158 Å². The van der Waals surface area contributed by atoms with Crippen LogP contribution in [0.1, 0.15) is 0 Å². The molecule has 0 aliphatic carbocycles. The molecule has 0 bridgehead atoms. The Bertz CT molecular complexity index is 3220. The standard InChI is InChI=1S/C54H35NO2/c1-4-15-36(16-5-1)38-27-29-42(30-28-38)55(48-25-12-10-23-44(48)39-19-8-3-9-20-39)43-31-32-45-47-35-51-53(46-24-11-13-26-49(46)56-51)52(54(47)57-50(45)34-43)41-22-14-21-40(33-41)37-17-6-2-7-18-37/h1-35H. The van der Waals surface area contributed by atoms with E-state index in [9.17, 15) is 0 Å². The van der Waals surface area contributed by atoms with Crippen molar-refractivity contribution in [2.45, 2.75) is 0 Å². The molecular formula is C54H35NO2. The van der Waals surface area contributed by atoms with Crippen LogP contribution in [0.2, 0.25) is 0 Å². The highest BCUT2D eigenvalue weighted by Crippen LogP contribution is 2.47. The maximum atomic E-state index is 7.10. The second-order valence-corrected chi connectivity index (χ2v) is 14.5. The molecule has 268 valence electrons. The lowest BCUT2D eigenvalue weighted by molar-refractivity contribution is 0.664. The van der Waals surface area contributed by atoms with Crippen LogP contribution < -0.4 is 4.90 Å². The van der Waals surface area contributed by atoms with Gasteiger partial charge in [0.25, 0.3) is 0 Å². The van der Waals surface area contributed by atoms with Gasteiger partial charge in [-0.15, -0.1) is 0 Å². The maximum absolute atomic E-state index is 7.10. The van der Waals surface area contributed by atoms with Crippen molar-refractivity contribution in [1.82, 2.24) is 0 Å². The molecule has 2 aromatic heterocycles. The fraction of sp³-hybridized carbons (Fsp3) is 0. The van der Waals surface area contributed by atoms with Crippen molar-refractivity contribution in [1.29, 1.82) is 0 Å². The molecule has 0 amide bonds. The number of anilines is 3. The van der Waals surface area contributed by atoms with Crippen LogP contribution in [0.15, 0.2) is 221 Å². The third kappa shape index (κ3) is 5.68. The summed E-state index contributed by atoms with van der Waals surface area (Å²) < 4.78 is 13.7. The van der Waals surface area contributed by atoms with Crippen LogP contribution in [0, 0.1) is 0 Å².